The molecule has 0 aliphatic carbocycles. The van der Waals surface area contributed by atoms with Crippen LogP contribution in [0.4, 0.5) is 0 Å². The first-order valence-corrected chi connectivity index (χ1v) is 6.71. The van der Waals surface area contributed by atoms with Gasteiger partial charge in [-0.15, -0.1) is 0 Å². The molecule has 0 aliphatic heterocycles. The fourth-order valence-corrected chi connectivity index (χ4v) is 2.44. The Morgan fingerprint density at radius 1 is 1.05 bits per heavy atom. The predicted octanol–water partition coefficient (Wildman–Crippen LogP) is 5.73. The van der Waals surface area contributed by atoms with Crippen LogP contribution in [0.2, 0.25) is 0 Å². The van der Waals surface area contributed by atoms with Gasteiger partial charge in [-0.1, -0.05) is 67.3 Å². The number of fused-ring (bicyclic) bond motifs is 3. The number of hydrogen-bond acceptors (Lipinski definition) is 1. The van der Waals surface area contributed by atoms with Gasteiger partial charge in [0.2, 0.25) is 0 Å². The highest BCUT2D eigenvalue weighted by atomic mass is 16.3. The maximum absolute atomic E-state index is 6.03. The zero-order valence-corrected chi connectivity index (χ0v) is 11.5. The highest BCUT2D eigenvalue weighted by Gasteiger charge is 2.11. The molecule has 1 nitrogen and oxygen atoms in total. The lowest BCUT2D eigenvalue weighted by Gasteiger charge is -2.02. The Kier molecular flexibility index (Phi) is 3.26. The standard InChI is InChI=1S/C19H16O/c1-3-5-9-14(4-2)15-11-8-12-17-16-10-6-7-13-18(16)20-19(15)17/h3-13H,2H2,1H3/b5-3-,14-9+. The summed E-state index contributed by atoms with van der Waals surface area (Å²) in [6.07, 6.45) is 7.93. The zero-order chi connectivity index (χ0) is 13.9. The molecule has 0 radical (unpaired) electrons. The molecule has 2 aromatic carbocycles. The number of hydrogen-bond donors (Lipinski definition) is 0. The lowest BCUT2D eigenvalue weighted by Crippen LogP contribution is -1.81. The van der Waals surface area contributed by atoms with E-state index >= 15 is 0 Å². The third kappa shape index (κ3) is 1.97. The minimum Gasteiger partial charge on any atom is -0.455 e. The van der Waals surface area contributed by atoms with Crippen LogP contribution >= 0.6 is 0 Å². The summed E-state index contributed by atoms with van der Waals surface area (Å²) in [5.74, 6) is 0. The van der Waals surface area contributed by atoms with E-state index in [1.807, 2.05) is 43.4 Å². The summed E-state index contributed by atoms with van der Waals surface area (Å²) in [5, 5.41) is 2.30. The Morgan fingerprint density at radius 3 is 2.65 bits per heavy atom. The molecule has 1 heterocycles. The Bertz CT molecular complexity index is 831. The topological polar surface area (TPSA) is 13.1 Å². The molecule has 0 amide bonds. The molecule has 0 bridgehead atoms. The van der Waals surface area contributed by atoms with E-state index in [0.29, 0.717) is 0 Å². The molecule has 0 aliphatic rings. The largest absolute Gasteiger partial charge is 0.455 e. The maximum Gasteiger partial charge on any atom is 0.143 e. The molecule has 0 spiro atoms. The van der Waals surface area contributed by atoms with Gasteiger partial charge < -0.3 is 4.42 Å². The summed E-state index contributed by atoms with van der Waals surface area (Å²) in [5.41, 5.74) is 3.98. The van der Waals surface area contributed by atoms with Crippen LogP contribution in [0.15, 0.2) is 77.8 Å². The summed E-state index contributed by atoms with van der Waals surface area (Å²) in [6, 6.07) is 14.4. The van der Waals surface area contributed by atoms with Gasteiger partial charge in [-0.25, -0.2) is 0 Å². The molecular weight excluding hydrogens is 244 g/mol. The van der Waals surface area contributed by atoms with Crippen LogP contribution in [0, 0.1) is 0 Å². The Morgan fingerprint density at radius 2 is 1.85 bits per heavy atom. The van der Waals surface area contributed by atoms with Gasteiger partial charge in [-0.05, 0) is 18.6 Å². The highest BCUT2D eigenvalue weighted by Crippen LogP contribution is 2.33. The van der Waals surface area contributed by atoms with Crippen molar-refractivity contribution in [3.05, 3.63) is 78.9 Å². The lowest BCUT2D eigenvalue weighted by molar-refractivity contribution is 0.668. The molecule has 20 heavy (non-hydrogen) atoms. The molecule has 0 atom stereocenters. The summed E-state index contributed by atoms with van der Waals surface area (Å²) in [7, 11) is 0. The normalized spacial score (nSPS) is 12.6. The number of benzene rings is 2. The van der Waals surface area contributed by atoms with E-state index in [2.05, 4.69) is 36.9 Å². The van der Waals surface area contributed by atoms with Crippen molar-refractivity contribution in [2.45, 2.75) is 6.92 Å². The van der Waals surface area contributed by atoms with Gasteiger partial charge in [-0.3, -0.25) is 0 Å². The maximum atomic E-state index is 6.03. The van der Waals surface area contributed by atoms with Crippen LogP contribution in [0.5, 0.6) is 0 Å². The van der Waals surface area contributed by atoms with Gasteiger partial charge in [0, 0.05) is 16.3 Å². The fourth-order valence-electron chi connectivity index (χ4n) is 2.44. The summed E-state index contributed by atoms with van der Waals surface area (Å²) in [6.45, 7) is 5.91. The first-order chi connectivity index (χ1) is 9.85. The van der Waals surface area contributed by atoms with Gasteiger partial charge in [0.25, 0.3) is 0 Å². The van der Waals surface area contributed by atoms with Gasteiger partial charge in [0.1, 0.15) is 11.2 Å². The number of allylic oxidation sites excluding steroid dienone is 5. The molecule has 3 aromatic rings. The molecule has 0 N–H and O–H groups in total. The second-order valence-electron chi connectivity index (χ2n) is 4.63. The van der Waals surface area contributed by atoms with Crippen molar-refractivity contribution in [3.8, 4) is 0 Å². The van der Waals surface area contributed by atoms with Gasteiger partial charge in [0.05, 0.1) is 0 Å². The predicted molar refractivity (Wildman–Crippen MR) is 86.7 cm³/mol. The Hall–Kier alpha value is -2.54. The minimum absolute atomic E-state index is 0.921. The second kappa shape index (κ2) is 5.22. The molecule has 98 valence electrons. The van der Waals surface area contributed by atoms with Crippen molar-refractivity contribution >= 4 is 27.5 Å². The third-order valence-electron chi connectivity index (χ3n) is 3.40. The van der Waals surface area contributed by atoms with Crippen molar-refractivity contribution in [3.63, 3.8) is 0 Å². The first-order valence-electron chi connectivity index (χ1n) is 6.71. The van der Waals surface area contributed by atoms with Crippen LogP contribution in [0.1, 0.15) is 12.5 Å². The Labute approximate surface area is 118 Å². The van der Waals surface area contributed by atoms with E-state index in [9.17, 15) is 0 Å². The minimum atomic E-state index is 0.921. The van der Waals surface area contributed by atoms with Gasteiger partial charge in [0.15, 0.2) is 0 Å². The number of para-hydroxylation sites is 2. The van der Waals surface area contributed by atoms with E-state index in [4.69, 9.17) is 4.42 Å². The molecular formula is C19H16O. The number of furan rings is 1. The van der Waals surface area contributed by atoms with E-state index in [-0.39, 0.29) is 0 Å². The van der Waals surface area contributed by atoms with Crippen molar-refractivity contribution < 1.29 is 4.42 Å². The fraction of sp³-hybridized carbons (Fsp3) is 0.0526. The Balaban J connectivity index is 2.34. The molecule has 0 fully saturated rings. The second-order valence-corrected chi connectivity index (χ2v) is 4.63. The lowest BCUT2D eigenvalue weighted by atomic mass is 10.0. The SMILES string of the molecule is C=C/C(=C\C=C/C)c1cccc2c1oc1ccccc12. The zero-order valence-electron chi connectivity index (χ0n) is 11.5. The first kappa shape index (κ1) is 12.5. The van der Waals surface area contributed by atoms with E-state index in [0.717, 1.165) is 33.1 Å². The van der Waals surface area contributed by atoms with Crippen molar-refractivity contribution in [1.82, 2.24) is 0 Å². The van der Waals surface area contributed by atoms with Gasteiger partial charge >= 0.3 is 0 Å². The molecule has 0 saturated carbocycles. The number of rotatable bonds is 3. The van der Waals surface area contributed by atoms with Crippen LogP contribution in [0.25, 0.3) is 27.5 Å². The molecule has 0 saturated heterocycles. The summed E-state index contributed by atoms with van der Waals surface area (Å²) < 4.78 is 6.03. The van der Waals surface area contributed by atoms with E-state index in [1.165, 1.54) is 0 Å². The monoisotopic (exact) mass is 260 g/mol. The highest BCUT2D eigenvalue weighted by molar-refractivity contribution is 6.08. The smallest absolute Gasteiger partial charge is 0.143 e. The average molecular weight is 260 g/mol. The van der Waals surface area contributed by atoms with Crippen LogP contribution in [-0.2, 0) is 0 Å². The van der Waals surface area contributed by atoms with Crippen LogP contribution in [-0.4, -0.2) is 0 Å². The average Bonchev–Trinajstić information content (AvgIpc) is 2.87. The van der Waals surface area contributed by atoms with Gasteiger partial charge in [-0.2, -0.15) is 0 Å². The van der Waals surface area contributed by atoms with Crippen LogP contribution in [0.3, 0.4) is 0 Å². The summed E-state index contributed by atoms with van der Waals surface area (Å²) >= 11 is 0. The quantitative estimate of drug-likeness (QED) is 0.548. The van der Waals surface area contributed by atoms with Crippen molar-refractivity contribution in [2.75, 3.05) is 0 Å². The van der Waals surface area contributed by atoms with Crippen LogP contribution < -0.4 is 0 Å². The van der Waals surface area contributed by atoms with Crippen molar-refractivity contribution in [1.29, 1.82) is 0 Å². The van der Waals surface area contributed by atoms with E-state index < -0.39 is 0 Å². The molecule has 3 rings (SSSR count). The third-order valence-corrected chi connectivity index (χ3v) is 3.40. The van der Waals surface area contributed by atoms with E-state index in [1.54, 1.807) is 0 Å². The molecule has 1 aromatic heterocycles. The van der Waals surface area contributed by atoms with Crippen molar-refractivity contribution in [2.24, 2.45) is 0 Å². The summed E-state index contributed by atoms with van der Waals surface area (Å²) in [4.78, 5) is 0. The molecule has 1 heteroatoms. The molecule has 0 unspecified atom stereocenters.